The highest BCUT2D eigenvalue weighted by Crippen LogP contribution is 2.35. The molecule has 0 unspecified atom stereocenters. The van der Waals surface area contributed by atoms with Crippen molar-refractivity contribution in [3.8, 4) is 5.69 Å². The molecule has 0 amide bonds. The van der Waals surface area contributed by atoms with Gasteiger partial charge in [-0.1, -0.05) is 37.5 Å². The minimum absolute atomic E-state index is 0.340. The van der Waals surface area contributed by atoms with Gasteiger partial charge in [0.15, 0.2) is 0 Å². The maximum absolute atomic E-state index is 4.70. The minimum Gasteiger partial charge on any atom is -0.314 e. The van der Waals surface area contributed by atoms with Gasteiger partial charge in [0.2, 0.25) is 0 Å². The highest BCUT2D eigenvalue weighted by Gasteiger charge is 2.39. The summed E-state index contributed by atoms with van der Waals surface area (Å²) in [5, 5.41) is 12.8. The van der Waals surface area contributed by atoms with Crippen LogP contribution in [0.3, 0.4) is 0 Å². The number of rotatable bonds is 3. The van der Waals surface area contributed by atoms with Gasteiger partial charge < -0.3 is 5.32 Å². The van der Waals surface area contributed by atoms with Crippen LogP contribution in [-0.2, 0) is 6.54 Å². The lowest BCUT2D eigenvalue weighted by atomic mass is 9.79. The van der Waals surface area contributed by atoms with Crippen LogP contribution in [0.4, 0.5) is 0 Å². The molecule has 2 fully saturated rings. The van der Waals surface area contributed by atoms with E-state index in [0.717, 1.165) is 37.6 Å². The van der Waals surface area contributed by atoms with Crippen molar-refractivity contribution in [1.29, 1.82) is 0 Å². The third kappa shape index (κ3) is 3.03. The Morgan fingerprint density at radius 2 is 1.91 bits per heavy atom. The van der Waals surface area contributed by atoms with Crippen LogP contribution in [-0.4, -0.2) is 45.1 Å². The molecule has 1 spiro atoms. The second-order valence-electron chi connectivity index (χ2n) is 6.84. The fraction of sp³-hybridized carbons (Fsp3) is 0.556. The zero-order valence-corrected chi connectivity index (χ0v) is 13.6. The van der Waals surface area contributed by atoms with Crippen LogP contribution < -0.4 is 5.32 Å². The summed E-state index contributed by atoms with van der Waals surface area (Å²) >= 11 is 0. The number of nitrogens with zero attached hydrogens (tertiary/aromatic N) is 4. The summed E-state index contributed by atoms with van der Waals surface area (Å²) in [6, 6.07) is 10.1. The average Bonchev–Trinajstić information content (AvgIpc) is 3.07. The van der Waals surface area contributed by atoms with Gasteiger partial charge in [-0.15, -0.1) is 0 Å². The molecule has 2 heterocycles. The molecule has 1 aromatic heterocycles. The van der Waals surface area contributed by atoms with E-state index in [0.29, 0.717) is 5.54 Å². The molecule has 1 saturated heterocycles. The quantitative estimate of drug-likeness (QED) is 0.945. The smallest absolute Gasteiger partial charge is 0.0972 e. The average molecular weight is 311 g/mol. The summed E-state index contributed by atoms with van der Waals surface area (Å²) < 4.78 is 0. The van der Waals surface area contributed by atoms with Gasteiger partial charge in [-0.3, -0.25) is 4.90 Å². The molecule has 5 heteroatoms. The molecular formula is C18H25N5. The molecule has 1 aliphatic carbocycles. The first kappa shape index (κ1) is 14.8. The first-order chi connectivity index (χ1) is 11.4. The van der Waals surface area contributed by atoms with Crippen LogP contribution in [0.5, 0.6) is 0 Å². The molecule has 1 aliphatic heterocycles. The molecule has 23 heavy (non-hydrogen) atoms. The van der Waals surface area contributed by atoms with Crippen LogP contribution in [0.2, 0.25) is 0 Å². The molecule has 1 saturated carbocycles. The van der Waals surface area contributed by atoms with Crippen molar-refractivity contribution in [2.45, 2.75) is 44.2 Å². The fourth-order valence-corrected chi connectivity index (χ4v) is 4.08. The minimum atomic E-state index is 0.340. The van der Waals surface area contributed by atoms with Crippen LogP contribution in [0.15, 0.2) is 36.5 Å². The van der Waals surface area contributed by atoms with E-state index in [4.69, 9.17) is 5.10 Å². The second kappa shape index (κ2) is 6.42. The van der Waals surface area contributed by atoms with Crippen molar-refractivity contribution in [3.05, 3.63) is 42.2 Å². The van der Waals surface area contributed by atoms with E-state index in [1.165, 1.54) is 32.1 Å². The normalized spacial score (nSPS) is 21.6. The number of hydrogen-bond acceptors (Lipinski definition) is 4. The lowest BCUT2D eigenvalue weighted by molar-refractivity contribution is 0.0199. The zero-order chi connectivity index (χ0) is 15.5. The van der Waals surface area contributed by atoms with Crippen molar-refractivity contribution in [1.82, 2.24) is 25.2 Å². The highest BCUT2D eigenvalue weighted by atomic mass is 15.5. The molecule has 0 radical (unpaired) electrons. The molecule has 2 aromatic rings. The Labute approximate surface area is 137 Å². The maximum atomic E-state index is 4.70. The summed E-state index contributed by atoms with van der Waals surface area (Å²) in [6.45, 7) is 4.22. The van der Waals surface area contributed by atoms with Crippen molar-refractivity contribution in [3.63, 3.8) is 0 Å². The Bertz CT molecular complexity index is 622. The summed E-state index contributed by atoms with van der Waals surface area (Å²) in [5.41, 5.74) is 2.43. The monoisotopic (exact) mass is 311 g/mol. The number of nitrogens with one attached hydrogen (secondary N) is 1. The largest absolute Gasteiger partial charge is 0.314 e. The third-order valence-corrected chi connectivity index (χ3v) is 5.35. The number of aromatic nitrogens is 3. The Morgan fingerprint density at radius 3 is 2.74 bits per heavy atom. The van der Waals surface area contributed by atoms with E-state index in [-0.39, 0.29) is 0 Å². The Morgan fingerprint density at radius 1 is 1.09 bits per heavy atom. The summed E-state index contributed by atoms with van der Waals surface area (Å²) in [4.78, 5) is 4.40. The van der Waals surface area contributed by atoms with Crippen molar-refractivity contribution < 1.29 is 0 Å². The van der Waals surface area contributed by atoms with Gasteiger partial charge in [0.05, 0.1) is 17.6 Å². The number of piperazine rings is 1. The molecule has 1 aromatic carbocycles. The summed E-state index contributed by atoms with van der Waals surface area (Å²) in [6.07, 6.45) is 8.65. The predicted octanol–water partition coefficient (Wildman–Crippen LogP) is 2.38. The molecule has 0 bridgehead atoms. The van der Waals surface area contributed by atoms with E-state index in [1.807, 2.05) is 36.5 Å². The van der Waals surface area contributed by atoms with E-state index in [9.17, 15) is 0 Å². The Balaban J connectivity index is 1.51. The van der Waals surface area contributed by atoms with Gasteiger partial charge in [0, 0.05) is 31.7 Å². The van der Waals surface area contributed by atoms with E-state index < -0.39 is 0 Å². The standard InChI is InChI=1S/C18H25N5/c1-3-7-17(8-4-1)23-20-13-16(21-23)14-22-12-11-19-15-18(22)9-5-2-6-10-18/h1,3-4,7-8,13,19H,2,5-6,9-12,14-15H2. The van der Waals surface area contributed by atoms with Gasteiger partial charge in [-0.25, -0.2) is 0 Å². The number of para-hydroxylation sites is 1. The second-order valence-corrected chi connectivity index (χ2v) is 6.84. The molecule has 0 atom stereocenters. The number of benzene rings is 1. The number of hydrogen-bond donors (Lipinski definition) is 1. The Hall–Kier alpha value is -1.72. The first-order valence-electron chi connectivity index (χ1n) is 8.78. The van der Waals surface area contributed by atoms with Crippen LogP contribution in [0.25, 0.3) is 5.69 Å². The molecular weight excluding hydrogens is 286 g/mol. The van der Waals surface area contributed by atoms with Crippen molar-refractivity contribution in [2.75, 3.05) is 19.6 Å². The van der Waals surface area contributed by atoms with Gasteiger partial charge >= 0.3 is 0 Å². The van der Waals surface area contributed by atoms with E-state index in [2.05, 4.69) is 15.3 Å². The fourth-order valence-electron chi connectivity index (χ4n) is 4.08. The molecule has 5 nitrogen and oxygen atoms in total. The van der Waals surface area contributed by atoms with E-state index >= 15 is 0 Å². The van der Waals surface area contributed by atoms with Crippen LogP contribution >= 0.6 is 0 Å². The topological polar surface area (TPSA) is 46.0 Å². The third-order valence-electron chi connectivity index (χ3n) is 5.35. The maximum Gasteiger partial charge on any atom is 0.0972 e. The SMILES string of the molecule is c1ccc(-n2ncc(CN3CCNCC34CCCCC4)n2)cc1. The Kier molecular flexibility index (Phi) is 4.14. The van der Waals surface area contributed by atoms with Gasteiger partial charge in [-0.05, 0) is 25.0 Å². The first-order valence-corrected chi connectivity index (χ1v) is 8.78. The van der Waals surface area contributed by atoms with Gasteiger partial charge in [-0.2, -0.15) is 15.0 Å². The van der Waals surface area contributed by atoms with Crippen molar-refractivity contribution >= 4 is 0 Å². The summed E-state index contributed by atoms with van der Waals surface area (Å²) in [7, 11) is 0. The lowest BCUT2D eigenvalue weighted by Gasteiger charge is -2.49. The molecule has 2 aliphatic rings. The lowest BCUT2D eigenvalue weighted by Crippen LogP contribution is -2.61. The molecule has 122 valence electrons. The predicted molar refractivity (Wildman–Crippen MR) is 90.5 cm³/mol. The van der Waals surface area contributed by atoms with Gasteiger partial charge in [0.25, 0.3) is 0 Å². The molecule has 4 rings (SSSR count). The van der Waals surface area contributed by atoms with E-state index in [1.54, 1.807) is 4.80 Å². The highest BCUT2D eigenvalue weighted by molar-refractivity contribution is 5.28. The van der Waals surface area contributed by atoms with Crippen molar-refractivity contribution in [2.24, 2.45) is 0 Å². The van der Waals surface area contributed by atoms with Gasteiger partial charge in [0.1, 0.15) is 0 Å². The molecule has 1 N–H and O–H groups in total. The summed E-state index contributed by atoms with van der Waals surface area (Å²) in [5.74, 6) is 0. The van der Waals surface area contributed by atoms with Crippen LogP contribution in [0.1, 0.15) is 37.8 Å². The van der Waals surface area contributed by atoms with Crippen LogP contribution in [0, 0.1) is 0 Å². The zero-order valence-electron chi connectivity index (χ0n) is 13.6.